The molecule has 0 spiro atoms. The fourth-order valence-electron chi connectivity index (χ4n) is 2.34. The maximum absolute atomic E-state index is 11.2. The zero-order valence-corrected chi connectivity index (χ0v) is 10.1. The maximum atomic E-state index is 11.2. The van der Waals surface area contributed by atoms with E-state index in [-0.39, 0.29) is 11.6 Å². The molecule has 0 aromatic rings. The molecule has 0 bridgehead atoms. The molecule has 0 heterocycles. The van der Waals surface area contributed by atoms with Gasteiger partial charge in [-0.1, -0.05) is 26.3 Å². The van der Waals surface area contributed by atoms with Crippen LogP contribution in [0.2, 0.25) is 0 Å². The van der Waals surface area contributed by atoms with Gasteiger partial charge in [0.05, 0.1) is 0 Å². The van der Waals surface area contributed by atoms with E-state index in [4.69, 9.17) is 4.74 Å². The normalized spacial score (nSPS) is 27.1. The topological polar surface area (TPSA) is 26.3 Å². The molecule has 86 valence electrons. The third-order valence-electron chi connectivity index (χ3n) is 3.53. The van der Waals surface area contributed by atoms with Crippen LogP contribution in [0.3, 0.4) is 0 Å². The summed E-state index contributed by atoms with van der Waals surface area (Å²) in [5.74, 6) is 1.02. The van der Waals surface area contributed by atoms with Crippen molar-refractivity contribution in [2.45, 2.75) is 52.1 Å². The van der Waals surface area contributed by atoms with Crippen molar-refractivity contribution in [2.75, 3.05) is 0 Å². The largest absolute Gasteiger partial charge is 0.456 e. The lowest BCUT2D eigenvalue weighted by atomic mass is 9.75. The first-order chi connectivity index (χ1) is 6.95. The van der Waals surface area contributed by atoms with Crippen LogP contribution in [0.4, 0.5) is 0 Å². The average molecular weight is 210 g/mol. The Morgan fingerprint density at radius 1 is 1.33 bits per heavy atom. The van der Waals surface area contributed by atoms with Crippen molar-refractivity contribution in [1.82, 2.24) is 0 Å². The average Bonchev–Trinajstić information content (AvgIpc) is 2.17. The third kappa shape index (κ3) is 3.37. The quantitative estimate of drug-likeness (QED) is 0.527. The fraction of sp³-hybridized carbons (Fsp3) is 0.769. The minimum atomic E-state index is -0.342. The molecular formula is C13H22O2. The number of hydrogen-bond donors (Lipinski definition) is 0. The van der Waals surface area contributed by atoms with Crippen LogP contribution < -0.4 is 0 Å². The number of carbonyl (C=O) groups excluding carboxylic acids is 1. The molecule has 0 atom stereocenters. The molecular weight excluding hydrogens is 188 g/mol. The Labute approximate surface area is 92.7 Å². The zero-order chi connectivity index (χ0) is 11.5. The number of ether oxygens (including phenoxy) is 1. The van der Waals surface area contributed by atoms with Crippen LogP contribution >= 0.6 is 0 Å². The van der Waals surface area contributed by atoms with E-state index >= 15 is 0 Å². The van der Waals surface area contributed by atoms with Crippen molar-refractivity contribution < 1.29 is 9.53 Å². The SMILES string of the molecule is C=CC(=O)OC(C)(C)C1CCC(C)CC1. The van der Waals surface area contributed by atoms with E-state index in [0.29, 0.717) is 5.92 Å². The predicted octanol–water partition coefficient (Wildman–Crippen LogP) is 3.32. The van der Waals surface area contributed by atoms with Gasteiger partial charge in [0.2, 0.25) is 0 Å². The van der Waals surface area contributed by atoms with E-state index in [1.54, 1.807) is 0 Å². The second-order valence-corrected chi connectivity index (χ2v) is 5.19. The van der Waals surface area contributed by atoms with Gasteiger partial charge in [-0.2, -0.15) is 0 Å². The molecule has 2 nitrogen and oxygen atoms in total. The second kappa shape index (κ2) is 4.82. The highest BCUT2D eigenvalue weighted by Gasteiger charge is 2.34. The first-order valence-electron chi connectivity index (χ1n) is 5.81. The molecule has 1 saturated carbocycles. The van der Waals surface area contributed by atoms with E-state index in [0.717, 1.165) is 5.92 Å². The van der Waals surface area contributed by atoms with Gasteiger partial charge in [-0.15, -0.1) is 0 Å². The van der Waals surface area contributed by atoms with Crippen molar-refractivity contribution in [3.63, 3.8) is 0 Å². The molecule has 2 heteroatoms. The van der Waals surface area contributed by atoms with E-state index in [1.807, 2.05) is 13.8 Å². The van der Waals surface area contributed by atoms with Crippen LogP contribution in [0.1, 0.15) is 46.5 Å². The molecule has 0 N–H and O–H groups in total. The van der Waals surface area contributed by atoms with Gasteiger partial charge in [0.15, 0.2) is 0 Å². The van der Waals surface area contributed by atoms with Crippen LogP contribution in [0.5, 0.6) is 0 Å². The summed E-state index contributed by atoms with van der Waals surface area (Å²) in [6.07, 6.45) is 6.07. The highest BCUT2D eigenvalue weighted by atomic mass is 16.6. The number of carbonyl (C=O) groups is 1. The summed E-state index contributed by atoms with van der Waals surface area (Å²) in [4.78, 5) is 11.2. The first-order valence-corrected chi connectivity index (χ1v) is 5.81. The van der Waals surface area contributed by atoms with Crippen molar-refractivity contribution in [3.8, 4) is 0 Å². The van der Waals surface area contributed by atoms with Gasteiger partial charge in [0.25, 0.3) is 0 Å². The molecule has 0 saturated heterocycles. The Morgan fingerprint density at radius 2 is 1.87 bits per heavy atom. The minimum Gasteiger partial charge on any atom is -0.456 e. The maximum Gasteiger partial charge on any atom is 0.330 e. The van der Waals surface area contributed by atoms with Crippen molar-refractivity contribution in [2.24, 2.45) is 11.8 Å². The summed E-state index contributed by atoms with van der Waals surface area (Å²) in [6, 6.07) is 0. The summed E-state index contributed by atoms with van der Waals surface area (Å²) in [5, 5.41) is 0. The lowest BCUT2D eigenvalue weighted by molar-refractivity contribution is -0.156. The summed E-state index contributed by atoms with van der Waals surface area (Å²) in [5.41, 5.74) is -0.342. The summed E-state index contributed by atoms with van der Waals surface area (Å²) >= 11 is 0. The van der Waals surface area contributed by atoms with Gasteiger partial charge in [-0.25, -0.2) is 4.79 Å². The number of rotatable bonds is 3. The lowest BCUT2D eigenvalue weighted by Gasteiger charge is -2.37. The fourth-order valence-corrected chi connectivity index (χ4v) is 2.34. The predicted molar refractivity (Wildman–Crippen MR) is 61.5 cm³/mol. The first kappa shape index (κ1) is 12.3. The smallest absolute Gasteiger partial charge is 0.330 e. The zero-order valence-electron chi connectivity index (χ0n) is 10.1. The standard InChI is InChI=1S/C13H22O2/c1-5-12(14)15-13(3,4)11-8-6-10(2)7-9-11/h5,10-11H,1,6-9H2,2-4H3. The minimum absolute atomic E-state index is 0.307. The van der Waals surface area contributed by atoms with Crippen molar-refractivity contribution >= 4 is 5.97 Å². The summed E-state index contributed by atoms with van der Waals surface area (Å²) in [6.45, 7) is 9.74. The van der Waals surface area contributed by atoms with E-state index in [9.17, 15) is 4.79 Å². The molecule has 15 heavy (non-hydrogen) atoms. The molecule has 0 aliphatic heterocycles. The monoisotopic (exact) mass is 210 g/mol. The second-order valence-electron chi connectivity index (χ2n) is 5.19. The van der Waals surface area contributed by atoms with Crippen LogP contribution in [0, 0.1) is 11.8 Å². The molecule has 0 aromatic carbocycles. The van der Waals surface area contributed by atoms with E-state index in [2.05, 4.69) is 13.5 Å². The molecule has 1 aliphatic carbocycles. The van der Waals surface area contributed by atoms with Gasteiger partial charge < -0.3 is 4.74 Å². The molecule has 1 aliphatic rings. The summed E-state index contributed by atoms with van der Waals surface area (Å²) in [7, 11) is 0. The van der Waals surface area contributed by atoms with Crippen LogP contribution in [0.25, 0.3) is 0 Å². The highest BCUT2D eigenvalue weighted by Crippen LogP contribution is 2.37. The van der Waals surface area contributed by atoms with Crippen molar-refractivity contribution in [1.29, 1.82) is 0 Å². The number of esters is 1. The Bertz CT molecular complexity index is 235. The van der Waals surface area contributed by atoms with Crippen LogP contribution in [0.15, 0.2) is 12.7 Å². The van der Waals surface area contributed by atoms with Gasteiger partial charge >= 0.3 is 5.97 Å². The Balaban J connectivity index is 2.53. The Kier molecular flexibility index (Phi) is 3.95. The van der Waals surface area contributed by atoms with Crippen LogP contribution in [-0.4, -0.2) is 11.6 Å². The molecule has 0 radical (unpaired) electrons. The lowest BCUT2D eigenvalue weighted by Crippen LogP contribution is -2.38. The third-order valence-corrected chi connectivity index (χ3v) is 3.53. The Hall–Kier alpha value is -0.790. The molecule has 1 fully saturated rings. The van der Waals surface area contributed by atoms with E-state index in [1.165, 1.54) is 31.8 Å². The molecule has 1 rings (SSSR count). The van der Waals surface area contributed by atoms with Gasteiger partial charge in [0, 0.05) is 6.08 Å². The Morgan fingerprint density at radius 3 is 2.33 bits per heavy atom. The molecule has 0 unspecified atom stereocenters. The van der Waals surface area contributed by atoms with Crippen LogP contribution in [-0.2, 0) is 9.53 Å². The number of hydrogen-bond acceptors (Lipinski definition) is 2. The van der Waals surface area contributed by atoms with Crippen molar-refractivity contribution in [3.05, 3.63) is 12.7 Å². The van der Waals surface area contributed by atoms with Gasteiger partial charge in [-0.05, 0) is 38.5 Å². The summed E-state index contributed by atoms with van der Waals surface area (Å²) < 4.78 is 5.40. The highest BCUT2D eigenvalue weighted by molar-refractivity contribution is 5.81. The van der Waals surface area contributed by atoms with Gasteiger partial charge in [0.1, 0.15) is 5.60 Å². The molecule has 0 amide bonds. The van der Waals surface area contributed by atoms with Gasteiger partial charge in [-0.3, -0.25) is 0 Å². The molecule has 0 aromatic heterocycles. The van der Waals surface area contributed by atoms with E-state index < -0.39 is 0 Å².